The summed E-state index contributed by atoms with van der Waals surface area (Å²) in [7, 11) is 0. The minimum Gasteiger partial charge on any atom is -0.465 e. The van der Waals surface area contributed by atoms with Gasteiger partial charge in [0, 0.05) is 18.8 Å². The third-order valence-corrected chi connectivity index (χ3v) is 1.66. The largest absolute Gasteiger partial charge is 0.465 e. The molecule has 2 N–H and O–H groups in total. The molecule has 1 aromatic heterocycles. The summed E-state index contributed by atoms with van der Waals surface area (Å²) in [6.45, 7) is 2.09. The molecule has 0 fully saturated rings. The lowest BCUT2D eigenvalue weighted by molar-refractivity contribution is -0.144. The number of hydrogen-bond acceptors (Lipinski definition) is 5. The molecule has 1 atom stereocenters. The van der Waals surface area contributed by atoms with Crippen LogP contribution in [-0.2, 0) is 16.0 Å². The van der Waals surface area contributed by atoms with Crippen molar-refractivity contribution in [1.29, 1.82) is 0 Å². The third kappa shape index (κ3) is 3.10. The number of nitrogens with zero attached hydrogens (tertiary/aromatic N) is 2. The van der Waals surface area contributed by atoms with E-state index in [0.717, 1.165) is 5.56 Å². The Hall–Kier alpha value is -1.49. The summed E-state index contributed by atoms with van der Waals surface area (Å²) in [6, 6.07) is -0.638. The van der Waals surface area contributed by atoms with Gasteiger partial charge in [-0.25, -0.2) is 9.97 Å². The van der Waals surface area contributed by atoms with Crippen LogP contribution in [0.1, 0.15) is 12.5 Å². The molecule has 0 spiro atoms. The van der Waals surface area contributed by atoms with Crippen LogP contribution in [0.5, 0.6) is 0 Å². The molecule has 0 saturated carbocycles. The Morgan fingerprint density at radius 1 is 1.57 bits per heavy atom. The Bertz CT molecular complexity index is 289. The molecule has 1 heterocycles. The third-order valence-electron chi connectivity index (χ3n) is 1.66. The first-order valence-electron chi connectivity index (χ1n) is 4.40. The molecular weight excluding hydrogens is 182 g/mol. The van der Waals surface area contributed by atoms with E-state index in [1.165, 1.54) is 6.33 Å². The van der Waals surface area contributed by atoms with Crippen LogP contribution < -0.4 is 5.73 Å². The van der Waals surface area contributed by atoms with Crippen LogP contribution in [0.4, 0.5) is 0 Å². The van der Waals surface area contributed by atoms with Crippen LogP contribution in [0.2, 0.25) is 0 Å². The van der Waals surface area contributed by atoms with Crippen LogP contribution in [-0.4, -0.2) is 28.6 Å². The van der Waals surface area contributed by atoms with Crippen molar-refractivity contribution in [2.24, 2.45) is 5.73 Å². The Morgan fingerprint density at radius 2 is 2.21 bits per heavy atom. The van der Waals surface area contributed by atoms with Crippen LogP contribution in [0, 0.1) is 0 Å². The first kappa shape index (κ1) is 10.6. The number of nitrogens with two attached hydrogens (primary N) is 1. The predicted octanol–water partition coefficient (Wildman–Crippen LogP) is -0.0905. The molecule has 5 nitrogen and oxygen atoms in total. The van der Waals surface area contributed by atoms with Crippen molar-refractivity contribution in [3.05, 3.63) is 24.3 Å². The summed E-state index contributed by atoms with van der Waals surface area (Å²) >= 11 is 0. The fraction of sp³-hybridized carbons (Fsp3) is 0.444. The van der Waals surface area contributed by atoms with E-state index >= 15 is 0 Å². The summed E-state index contributed by atoms with van der Waals surface area (Å²) in [4.78, 5) is 18.8. The SMILES string of the molecule is CCOC(=O)C(N)Cc1cncnc1. The van der Waals surface area contributed by atoms with Crippen molar-refractivity contribution in [2.45, 2.75) is 19.4 Å². The molecule has 0 aliphatic heterocycles. The second kappa shape index (κ2) is 5.29. The van der Waals surface area contributed by atoms with E-state index in [-0.39, 0.29) is 0 Å². The molecule has 5 heteroatoms. The Balaban J connectivity index is 2.49. The average Bonchev–Trinajstić information content (AvgIpc) is 2.19. The second-order valence-electron chi connectivity index (χ2n) is 2.81. The maximum absolute atomic E-state index is 11.2. The highest BCUT2D eigenvalue weighted by molar-refractivity contribution is 5.75. The molecule has 0 aliphatic carbocycles. The number of carbonyl (C=O) groups is 1. The summed E-state index contributed by atoms with van der Waals surface area (Å²) in [5.41, 5.74) is 6.43. The summed E-state index contributed by atoms with van der Waals surface area (Å²) < 4.78 is 4.77. The van der Waals surface area contributed by atoms with Crippen molar-refractivity contribution in [3.8, 4) is 0 Å². The Labute approximate surface area is 82.3 Å². The normalized spacial score (nSPS) is 12.1. The minimum absolute atomic E-state index is 0.345. The van der Waals surface area contributed by atoms with Gasteiger partial charge in [-0.2, -0.15) is 0 Å². The topological polar surface area (TPSA) is 78.1 Å². The van der Waals surface area contributed by atoms with Gasteiger partial charge in [-0.1, -0.05) is 0 Å². The van der Waals surface area contributed by atoms with Gasteiger partial charge in [0.25, 0.3) is 0 Å². The van der Waals surface area contributed by atoms with E-state index < -0.39 is 12.0 Å². The fourth-order valence-electron chi connectivity index (χ4n) is 1.02. The molecule has 1 aromatic rings. The molecule has 0 aromatic carbocycles. The number of hydrogen-bond donors (Lipinski definition) is 1. The lowest BCUT2D eigenvalue weighted by atomic mass is 10.1. The molecule has 1 unspecified atom stereocenters. The highest BCUT2D eigenvalue weighted by Gasteiger charge is 2.14. The summed E-state index contributed by atoms with van der Waals surface area (Å²) in [5.74, 6) is -0.392. The molecule has 14 heavy (non-hydrogen) atoms. The molecule has 0 amide bonds. The molecule has 0 saturated heterocycles. The minimum atomic E-state index is -0.638. The van der Waals surface area contributed by atoms with E-state index in [1.807, 2.05) is 0 Å². The van der Waals surface area contributed by atoms with E-state index in [4.69, 9.17) is 10.5 Å². The number of aromatic nitrogens is 2. The van der Waals surface area contributed by atoms with Crippen LogP contribution in [0.15, 0.2) is 18.7 Å². The van der Waals surface area contributed by atoms with Gasteiger partial charge >= 0.3 is 5.97 Å². The van der Waals surface area contributed by atoms with E-state index in [9.17, 15) is 4.79 Å². The van der Waals surface area contributed by atoms with Crippen molar-refractivity contribution >= 4 is 5.97 Å². The Morgan fingerprint density at radius 3 is 2.79 bits per heavy atom. The highest BCUT2D eigenvalue weighted by Crippen LogP contribution is 1.99. The standard InChI is InChI=1S/C9H13N3O2/c1-2-14-9(13)8(10)3-7-4-11-6-12-5-7/h4-6,8H,2-3,10H2,1H3. The number of rotatable bonds is 4. The van der Waals surface area contributed by atoms with Gasteiger partial charge in [0.1, 0.15) is 12.4 Å². The summed E-state index contributed by atoms with van der Waals surface area (Å²) in [5, 5.41) is 0. The van der Waals surface area contributed by atoms with Gasteiger partial charge in [0.05, 0.1) is 6.61 Å². The highest BCUT2D eigenvalue weighted by atomic mass is 16.5. The monoisotopic (exact) mass is 195 g/mol. The van der Waals surface area contributed by atoms with Gasteiger partial charge in [-0.05, 0) is 12.5 Å². The first-order chi connectivity index (χ1) is 6.74. The zero-order valence-corrected chi connectivity index (χ0v) is 8.01. The smallest absolute Gasteiger partial charge is 0.323 e. The van der Waals surface area contributed by atoms with Crippen LogP contribution in [0.3, 0.4) is 0 Å². The lowest BCUT2D eigenvalue weighted by Gasteiger charge is -2.09. The molecule has 0 aliphatic rings. The molecule has 0 bridgehead atoms. The van der Waals surface area contributed by atoms with Crippen molar-refractivity contribution in [2.75, 3.05) is 6.61 Å². The van der Waals surface area contributed by atoms with E-state index in [2.05, 4.69) is 9.97 Å². The average molecular weight is 195 g/mol. The van der Waals surface area contributed by atoms with Gasteiger partial charge < -0.3 is 10.5 Å². The van der Waals surface area contributed by atoms with E-state index in [1.54, 1.807) is 19.3 Å². The lowest BCUT2D eigenvalue weighted by Crippen LogP contribution is -2.34. The zero-order chi connectivity index (χ0) is 10.4. The van der Waals surface area contributed by atoms with Crippen molar-refractivity contribution in [3.63, 3.8) is 0 Å². The van der Waals surface area contributed by atoms with Crippen LogP contribution in [0.25, 0.3) is 0 Å². The maximum atomic E-state index is 11.2. The molecule has 0 radical (unpaired) electrons. The number of esters is 1. The number of ether oxygens (including phenoxy) is 1. The fourth-order valence-corrected chi connectivity index (χ4v) is 1.02. The van der Waals surface area contributed by atoms with Gasteiger partial charge in [-0.3, -0.25) is 4.79 Å². The molecule has 76 valence electrons. The molecule has 1 rings (SSSR count). The zero-order valence-electron chi connectivity index (χ0n) is 8.01. The number of carbonyl (C=O) groups excluding carboxylic acids is 1. The van der Waals surface area contributed by atoms with Gasteiger partial charge in [0.2, 0.25) is 0 Å². The Kier molecular flexibility index (Phi) is 4.00. The van der Waals surface area contributed by atoms with E-state index in [0.29, 0.717) is 13.0 Å². The predicted molar refractivity (Wildman–Crippen MR) is 50.3 cm³/mol. The quantitative estimate of drug-likeness (QED) is 0.679. The van der Waals surface area contributed by atoms with Crippen molar-refractivity contribution < 1.29 is 9.53 Å². The summed E-state index contributed by atoms with van der Waals surface area (Å²) in [6.07, 6.45) is 5.09. The van der Waals surface area contributed by atoms with Gasteiger partial charge in [-0.15, -0.1) is 0 Å². The van der Waals surface area contributed by atoms with Crippen molar-refractivity contribution in [1.82, 2.24) is 9.97 Å². The second-order valence-corrected chi connectivity index (χ2v) is 2.81. The first-order valence-corrected chi connectivity index (χ1v) is 4.40. The van der Waals surface area contributed by atoms with Crippen LogP contribution >= 0.6 is 0 Å². The maximum Gasteiger partial charge on any atom is 0.323 e. The van der Waals surface area contributed by atoms with Gasteiger partial charge in [0.15, 0.2) is 0 Å². The molecular formula is C9H13N3O2.